The van der Waals surface area contributed by atoms with Crippen LogP contribution in [0, 0.1) is 0 Å². The molecule has 15 heavy (non-hydrogen) atoms. The number of hydrogen-bond donors (Lipinski definition) is 0. The van der Waals surface area contributed by atoms with Crippen LogP contribution in [-0.2, 0) is 17.6 Å². The molecule has 0 saturated carbocycles. The van der Waals surface area contributed by atoms with Gasteiger partial charge in [0, 0.05) is 10.9 Å². The molecule has 1 unspecified atom stereocenters. The molecule has 1 nitrogen and oxygen atoms in total. The van der Waals surface area contributed by atoms with Crippen molar-refractivity contribution in [2.75, 3.05) is 0 Å². The number of aldehydes is 1. The Bertz CT molecular complexity index is 384. The predicted molar refractivity (Wildman–Crippen MR) is 65.3 cm³/mol. The average Bonchev–Trinajstić information content (AvgIpc) is 2.66. The summed E-state index contributed by atoms with van der Waals surface area (Å²) in [6.07, 6.45) is 5.27. The van der Waals surface area contributed by atoms with Gasteiger partial charge in [-0.15, -0.1) is 0 Å². The normalized spacial score (nSPS) is 16.1. The van der Waals surface area contributed by atoms with Crippen LogP contribution in [0.25, 0.3) is 0 Å². The van der Waals surface area contributed by atoms with Crippen LogP contribution in [-0.4, -0.2) is 6.29 Å². The van der Waals surface area contributed by atoms with E-state index >= 15 is 0 Å². The molecule has 0 bridgehead atoms. The van der Waals surface area contributed by atoms with Crippen molar-refractivity contribution in [1.82, 2.24) is 0 Å². The topological polar surface area (TPSA) is 17.1 Å². The molecule has 2 heteroatoms. The number of aryl methyl sites for hydroxylation is 1. The van der Waals surface area contributed by atoms with Gasteiger partial charge in [0.05, 0.1) is 0 Å². The Hall–Kier alpha value is -0.630. The van der Waals surface area contributed by atoms with Crippen molar-refractivity contribution in [2.24, 2.45) is 0 Å². The van der Waals surface area contributed by atoms with Gasteiger partial charge in [-0.05, 0) is 47.9 Å². The lowest BCUT2D eigenvalue weighted by Crippen LogP contribution is -1.97. The van der Waals surface area contributed by atoms with E-state index in [9.17, 15) is 4.79 Å². The molecule has 2 rings (SSSR count). The van der Waals surface area contributed by atoms with Gasteiger partial charge in [-0.25, -0.2) is 0 Å². The van der Waals surface area contributed by atoms with E-state index in [0.29, 0.717) is 12.3 Å². The third kappa shape index (κ3) is 2.15. The summed E-state index contributed by atoms with van der Waals surface area (Å²) in [5.41, 5.74) is 4.23. The zero-order chi connectivity index (χ0) is 10.8. The van der Waals surface area contributed by atoms with Crippen LogP contribution in [0.4, 0.5) is 0 Å². The van der Waals surface area contributed by atoms with Gasteiger partial charge in [0.15, 0.2) is 0 Å². The van der Waals surface area contributed by atoms with Gasteiger partial charge in [0.2, 0.25) is 0 Å². The third-order valence-corrected chi connectivity index (χ3v) is 3.91. The van der Waals surface area contributed by atoms with Gasteiger partial charge in [-0.3, -0.25) is 0 Å². The number of benzene rings is 1. The van der Waals surface area contributed by atoms with E-state index in [-0.39, 0.29) is 0 Å². The molecule has 0 radical (unpaired) electrons. The Morgan fingerprint density at radius 1 is 1.47 bits per heavy atom. The van der Waals surface area contributed by atoms with Crippen molar-refractivity contribution >= 4 is 22.2 Å². The molecule has 1 aromatic carbocycles. The van der Waals surface area contributed by atoms with E-state index < -0.39 is 0 Å². The quantitative estimate of drug-likeness (QED) is 0.764. The number of carbonyl (C=O) groups is 1. The second-order valence-electron chi connectivity index (χ2n) is 4.30. The molecule has 1 atom stereocenters. The highest BCUT2D eigenvalue weighted by atomic mass is 79.9. The Labute approximate surface area is 99.0 Å². The fraction of sp³-hybridized carbons (Fsp3) is 0.462. The molecule has 80 valence electrons. The minimum Gasteiger partial charge on any atom is -0.303 e. The first kappa shape index (κ1) is 10.9. The Morgan fingerprint density at radius 2 is 2.27 bits per heavy atom. The largest absolute Gasteiger partial charge is 0.303 e. The maximum absolute atomic E-state index is 10.5. The first-order valence-corrected chi connectivity index (χ1v) is 6.26. The van der Waals surface area contributed by atoms with Crippen LogP contribution < -0.4 is 0 Å². The molecular weight excluding hydrogens is 252 g/mol. The maximum atomic E-state index is 10.5. The zero-order valence-corrected chi connectivity index (χ0v) is 10.5. The van der Waals surface area contributed by atoms with Gasteiger partial charge in [0.25, 0.3) is 0 Å². The van der Waals surface area contributed by atoms with Crippen LogP contribution in [0.15, 0.2) is 16.6 Å². The Kier molecular flexibility index (Phi) is 3.25. The molecule has 0 amide bonds. The van der Waals surface area contributed by atoms with Crippen LogP contribution in [0.3, 0.4) is 0 Å². The Morgan fingerprint density at radius 3 is 3.00 bits per heavy atom. The monoisotopic (exact) mass is 266 g/mol. The van der Waals surface area contributed by atoms with Crippen LogP contribution >= 0.6 is 15.9 Å². The van der Waals surface area contributed by atoms with Gasteiger partial charge in [0.1, 0.15) is 6.29 Å². The first-order valence-electron chi connectivity index (χ1n) is 5.47. The Balaban J connectivity index is 2.34. The second kappa shape index (κ2) is 4.48. The van der Waals surface area contributed by atoms with Crippen molar-refractivity contribution < 1.29 is 4.79 Å². The summed E-state index contributed by atoms with van der Waals surface area (Å²) >= 11 is 3.63. The number of halogens is 1. The predicted octanol–water partition coefficient (Wildman–Crippen LogP) is 3.63. The lowest BCUT2D eigenvalue weighted by molar-refractivity contribution is -0.108. The summed E-state index contributed by atoms with van der Waals surface area (Å²) in [5, 5.41) is 0. The van der Waals surface area contributed by atoms with Crippen molar-refractivity contribution in [2.45, 2.75) is 38.5 Å². The maximum Gasteiger partial charge on any atom is 0.120 e. The van der Waals surface area contributed by atoms with Crippen LogP contribution in [0.2, 0.25) is 0 Å². The molecule has 1 aliphatic carbocycles. The van der Waals surface area contributed by atoms with Crippen molar-refractivity contribution in [3.05, 3.63) is 33.3 Å². The second-order valence-corrected chi connectivity index (χ2v) is 5.15. The summed E-state index contributed by atoms with van der Waals surface area (Å²) in [6.45, 7) is 2.11. The standard InChI is InChI=1S/C13H15BrO/c1-9(5-6-15)11-7-10-3-2-4-12(10)13(14)8-11/h6-9H,2-5H2,1H3. The highest BCUT2D eigenvalue weighted by Gasteiger charge is 2.16. The van der Waals surface area contributed by atoms with E-state index in [1.807, 2.05) is 0 Å². The van der Waals surface area contributed by atoms with Gasteiger partial charge >= 0.3 is 0 Å². The number of fused-ring (bicyclic) bond motifs is 1. The van der Waals surface area contributed by atoms with Crippen molar-refractivity contribution in [3.8, 4) is 0 Å². The molecule has 0 N–H and O–H groups in total. The molecule has 1 aliphatic rings. The summed E-state index contributed by atoms with van der Waals surface area (Å²) < 4.78 is 1.23. The summed E-state index contributed by atoms with van der Waals surface area (Å²) in [4.78, 5) is 10.5. The lowest BCUT2D eigenvalue weighted by atomic mass is 9.95. The van der Waals surface area contributed by atoms with E-state index in [4.69, 9.17) is 0 Å². The fourth-order valence-corrected chi connectivity index (χ4v) is 2.96. The molecule has 0 fully saturated rings. The molecule has 0 spiro atoms. The van der Waals surface area contributed by atoms with E-state index in [1.165, 1.54) is 40.4 Å². The van der Waals surface area contributed by atoms with Gasteiger partial charge < -0.3 is 4.79 Å². The lowest BCUT2D eigenvalue weighted by Gasteiger charge is -2.12. The SMILES string of the molecule is CC(CC=O)c1cc(Br)c2c(c1)CCC2. The van der Waals surface area contributed by atoms with Crippen molar-refractivity contribution in [3.63, 3.8) is 0 Å². The zero-order valence-electron chi connectivity index (χ0n) is 8.92. The minimum atomic E-state index is 0.338. The van der Waals surface area contributed by atoms with Crippen molar-refractivity contribution in [1.29, 1.82) is 0 Å². The molecule has 0 aromatic heterocycles. The van der Waals surface area contributed by atoms with E-state index in [2.05, 4.69) is 35.0 Å². The van der Waals surface area contributed by atoms with Crippen LogP contribution in [0.1, 0.15) is 42.4 Å². The average molecular weight is 267 g/mol. The summed E-state index contributed by atoms with van der Waals surface area (Å²) in [5.74, 6) is 0.338. The molecule has 0 heterocycles. The van der Waals surface area contributed by atoms with E-state index in [1.54, 1.807) is 0 Å². The summed E-state index contributed by atoms with van der Waals surface area (Å²) in [6, 6.07) is 4.46. The molecule has 0 aliphatic heterocycles. The molecular formula is C13H15BrO. The number of rotatable bonds is 3. The fourth-order valence-electron chi connectivity index (χ4n) is 2.24. The third-order valence-electron chi connectivity index (χ3n) is 3.20. The van der Waals surface area contributed by atoms with Gasteiger partial charge in [-0.2, -0.15) is 0 Å². The van der Waals surface area contributed by atoms with Gasteiger partial charge in [-0.1, -0.05) is 28.9 Å². The number of carbonyl (C=O) groups excluding carboxylic acids is 1. The number of hydrogen-bond acceptors (Lipinski definition) is 1. The highest BCUT2D eigenvalue weighted by molar-refractivity contribution is 9.10. The minimum absolute atomic E-state index is 0.338. The molecule has 1 aromatic rings. The summed E-state index contributed by atoms with van der Waals surface area (Å²) in [7, 11) is 0. The van der Waals surface area contributed by atoms with E-state index in [0.717, 1.165) is 6.29 Å². The van der Waals surface area contributed by atoms with Crippen LogP contribution in [0.5, 0.6) is 0 Å². The highest BCUT2D eigenvalue weighted by Crippen LogP contribution is 2.33. The molecule has 0 saturated heterocycles. The first-order chi connectivity index (χ1) is 7.22. The smallest absolute Gasteiger partial charge is 0.120 e.